The van der Waals surface area contributed by atoms with Crippen LogP contribution in [0.25, 0.3) is 0 Å². The van der Waals surface area contributed by atoms with Crippen molar-refractivity contribution in [3.63, 3.8) is 0 Å². The Morgan fingerprint density at radius 1 is 1.13 bits per heavy atom. The van der Waals surface area contributed by atoms with Crippen LogP contribution in [0.15, 0.2) is 18.2 Å². The number of carboxylic acids is 1. The quantitative estimate of drug-likeness (QED) is 0.571. The van der Waals surface area contributed by atoms with Crippen molar-refractivity contribution in [2.24, 2.45) is 0 Å². The zero-order valence-corrected chi connectivity index (χ0v) is 12.7. The average molecular weight is 328 g/mol. The predicted molar refractivity (Wildman–Crippen MR) is 77.3 cm³/mol. The molecule has 0 aromatic heterocycles. The van der Waals surface area contributed by atoms with Crippen LogP contribution in [-0.2, 0) is 16.0 Å². The standard InChI is InChI=1S/C15H20O8/c1-3-7-4-8(21-2)6-9(5-7)22-15-12(18)10(16)11(17)13(23-15)14(19)20/h4-6,10-13,15-18H,3H2,1-2H3,(H,19,20). The van der Waals surface area contributed by atoms with Gasteiger partial charge in [0, 0.05) is 6.07 Å². The van der Waals surface area contributed by atoms with E-state index >= 15 is 0 Å². The van der Waals surface area contributed by atoms with Gasteiger partial charge in [0.05, 0.1) is 7.11 Å². The maximum atomic E-state index is 11.1. The molecular weight excluding hydrogens is 308 g/mol. The molecule has 1 aliphatic rings. The number of ether oxygens (including phenoxy) is 3. The number of aryl methyl sites for hydroxylation is 1. The predicted octanol–water partition coefficient (Wildman–Crippen LogP) is -0.471. The summed E-state index contributed by atoms with van der Waals surface area (Å²) in [5.74, 6) is -0.644. The van der Waals surface area contributed by atoms with E-state index in [1.807, 2.05) is 13.0 Å². The van der Waals surface area contributed by atoms with Crippen molar-refractivity contribution in [1.29, 1.82) is 0 Å². The van der Waals surface area contributed by atoms with Crippen LogP contribution in [0.1, 0.15) is 12.5 Å². The van der Waals surface area contributed by atoms with E-state index in [0.29, 0.717) is 12.2 Å². The normalized spacial score (nSPS) is 30.7. The Balaban J connectivity index is 2.22. The van der Waals surface area contributed by atoms with Crippen LogP contribution >= 0.6 is 0 Å². The minimum absolute atomic E-state index is 0.290. The molecule has 1 aliphatic heterocycles. The lowest BCUT2D eigenvalue weighted by Gasteiger charge is -2.38. The lowest BCUT2D eigenvalue weighted by Crippen LogP contribution is -2.61. The number of aliphatic hydroxyl groups excluding tert-OH is 3. The van der Waals surface area contributed by atoms with Crippen LogP contribution in [-0.4, -0.2) is 64.2 Å². The van der Waals surface area contributed by atoms with Crippen LogP contribution in [0.3, 0.4) is 0 Å². The molecule has 0 saturated carbocycles. The number of benzene rings is 1. The van der Waals surface area contributed by atoms with Gasteiger partial charge < -0.3 is 34.6 Å². The summed E-state index contributed by atoms with van der Waals surface area (Å²) in [7, 11) is 1.49. The maximum absolute atomic E-state index is 11.1. The summed E-state index contributed by atoms with van der Waals surface area (Å²) in [5.41, 5.74) is 0.903. The first-order chi connectivity index (χ1) is 10.9. The van der Waals surface area contributed by atoms with Crippen LogP contribution < -0.4 is 9.47 Å². The first-order valence-corrected chi connectivity index (χ1v) is 7.14. The van der Waals surface area contributed by atoms with Crippen molar-refractivity contribution in [1.82, 2.24) is 0 Å². The molecular formula is C15H20O8. The molecule has 4 N–H and O–H groups in total. The van der Waals surface area contributed by atoms with Crippen LogP contribution in [0.4, 0.5) is 0 Å². The fraction of sp³-hybridized carbons (Fsp3) is 0.533. The zero-order valence-electron chi connectivity index (χ0n) is 12.7. The van der Waals surface area contributed by atoms with E-state index in [1.165, 1.54) is 7.11 Å². The Morgan fingerprint density at radius 2 is 1.78 bits per heavy atom. The van der Waals surface area contributed by atoms with Gasteiger partial charge in [-0.05, 0) is 24.1 Å². The van der Waals surface area contributed by atoms with E-state index in [0.717, 1.165) is 5.56 Å². The van der Waals surface area contributed by atoms with Gasteiger partial charge in [0.25, 0.3) is 0 Å². The van der Waals surface area contributed by atoms with Gasteiger partial charge in [0.1, 0.15) is 29.8 Å². The van der Waals surface area contributed by atoms with Gasteiger partial charge in [0.15, 0.2) is 6.10 Å². The van der Waals surface area contributed by atoms with E-state index in [4.69, 9.17) is 19.3 Å². The van der Waals surface area contributed by atoms with Gasteiger partial charge in [0.2, 0.25) is 6.29 Å². The largest absolute Gasteiger partial charge is 0.497 e. The highest BCUT2D eigenvalue weighted by atomic mass is 16.7. The van der Waals surface area contributed by atoms with Gasteiger partial charge in [-0.2, -0.15) is 0 Å². The molecule has 0 spiro atoms. The van der Waals surface area contributed by atoms with Crippen molar-refractivity contribution in [2.75, 3.05) is 7.11 Å². The number of rotatable bonds is 5. The van der Waals surface area contributed by atoms with Gasteiger partial charge in [-0.3, -0.25) is 0 Å². The first kappa shape index (κ1) is 17.5. The second-order valence-electron chi connectivity index (χ2n) is 5.22. The van der Waals surface area contributed by atoms with Gasteiger partial charge >= 0.3 is 5.97 Å². The fourth-order valence-corrected chi connectivity index (χ4v) is 2.30. The van der Waals surface area contributed by atoms with Crippen molar-refractivity contribution in [3.8, 4) is 11.5 Å². The Labute approximate surface area is 132 Å². The van der Waals surface area contributed by atoms with Crippen LogP contribution in [0.5, 0.6) is 11.5 Å². The van der Waals surface area contributed by atoms with Crippen molar-refractivity contribution in [3.05, 3.63) is 23.8 Å². The second kappa shape index (κ2) is 7.14. The third-order valence-corrected chi connectivity index (χ3v) is 3.65. The molecule has 128 valence electrons. The summed E-state index contributed by atoms with van der Waals surface area (Å²) < 4.78 is 15.7. The molecule has 1 heterocycles. The highest BCUT2D eigenvalue weighted by Crippen LogP contribution is 2.28. The summed E-state index contributed by atoms with van der Waals surface area (Å²) in [6, 6.07) is 5.04. The molecule has 23 heavy (non-hydrogen) atoms. The third-order valence-electron chi connectivity index (χ3n) is 3.65. The van der Waals surface area contributed by atoms with Gasteiger partial charge in [-0.15, -0.1) is 0 Å². The van der Waals surface area contributed by atoms with E-state index in [2.05, 4.69) is 0 Å². The molecule has 8 heteroatoms. The number of carboxylic acid groups (broad SMARTS) is 1. The number of hydrogen-bond donors (Lipinski definition) is 4. The van der Waals surface area contributed by atoms with Crippen molar-refractivity contribution in [2.45, 2.75) is 44.1 Å². The summed E-state index contributed by atoms with van der Waals surface area (Å²) in [5, 5.41) is 38.3. The molecule has 0 aliphatic carbocycles. The highest BCUT2D eigenvalue weighted by molar-refractivity contribution is 5.73. The Morgan fingerprint density at radius 3 is 2.35 bits per heavy atom. The number of aliphatic carboxylic acids is 1. The molecule has 0 radical (unpaired) electrons. The SMILES string of the molecule is CCc1cc(OC)cc(OC2OC(C(=O)O)C(O)C(O)C2O)c1. The smallest absolute Gasteiger partial charge is 0.335 e. The molecule has 0 bridgehead atoms. The number of carbonyl (C=O) groups is 1. The van der Waals surface area contributed by atoms with Crippen molar-refractivity contribution < 1.29 is 39.4 Å². The molecule has 1 aromatic rings. The second-order valence-corrected chi connectivity index (χ2v) is 5.22. The molecule has 5 unspecified atom stereocenters. The minimum Gasteiger partial charge on any atom is -0.497 e. The van der Waals surface area contributed by atoms with E-state index in [-0.39, 0.29) is 5.75 Å². The fourth-order valence-electron chi connectivity index (χ4n) is 2.30. The topological polar surface area (TPSA) is 126 Å². The lowest BCUT2D eigenvalue weighted by molar-refractivity contribution is -0.271. The van der Waals surface area contributed by atoms with E-state index in [9.17, 15) is 20.1 Å². The molecule has 1 saturated heterocycles. The van der Waals surface area contributed by atoms with Crippen LogP contribution in [0.2, 0.25) is 0 Å². The van der Waals surface area contributed by atoms with Gasteiger partial charge in [-0.1, -0.05) is 6.92 Å². The summed E-state index contributed by atoms with van der Waals surface area (Å²) >= 11 is 0. The molecule has 1 fully saturated rings. The maximum Gasteiger partial charge on any atom is 0.335 e. The Hall–Kier alpha value is -1.87. The van der Waals surface area contributed by atoms with Crippen LogP contribution in [0, 0.1) is 0 Å². The molecule has 8 nitrogen and oxygen atoms in total. The summed E-state index contributed by atoms with van der Waals surface area (Å²) in [6.45, 7) is 1.94. The molecule has 1 aromatic carbocycles. The number of aliphatic hydroxyl groups is 3. The molecule has 0 amide bonds. The third kappa shape index (κ3) is 3.73. The number of methoxy groups -OCH3 is 1. The zero-order chi connectivity index (χ0) is 17.1. The van der Waals surface area contributed by atoms with Crippen molar-refractivity contribution >= 4 is 5.97 Å². The average Bonchev–Trinajstić information content (AvgIpc) is 2.54. The summed E-state index contributed by atoms with van der Waals surface area (Å²) in [4.78, 5) is 11.1. The molecule has 2 rings (SSSR count). The highest BCUT2D eigenvalue weighted by Gasteiger charge is 2.48. The summed E-state index contributed by atoms with van der Waals surface area (Å²) in [6.07, 6.45) is -7.48. The number of hydrogen-bond acceptors (Lipinski definition) is 7. The van der Waals surface area contributed by atoms with E-state index < -0.39 is 36.7 Å². The van der Waals surface area contributed by atoms with E-state index in [1.54, 1.807) is 12.1 Å². The Bertz CT molecular complexity index is 538. The van der Waals surface area contributed by atoms with Gasteiger partial charge in [-0.25, -0.2) is 4.79 Å². The lowest BCUT2D eigenvalue weighted by atomic mass is 9.99. The molecule has 5 atom stereocenters. The monoisotopic (exact) mass is 328 g/mol. The Kier molecular flexibility index (Phi) is 5.42. The minimum atomic E-state index is -1.75. The first-order valence-electron chi connectivity index (χ1n) is 7.14.